The third kappa shape index (κ3) is 2.03. The van der Waals surface area contributed by atoms with Crippen LogP contribution in [0.2, 0.25) is 0 Å². The van der Waals surface area contributed by atoms with E-state index in [4.69, 9.17) is 15.3 Å². The number of aliphatic hydroxyl groups excluding tert-OH is 3. The van der Waals surface area contributed by atoms with Gasteiger partial charge in [-0.1, -0.05) is 11.8 Å². The van der Waals surface area contributed by atoms with Crippen molar-refractivity contribution >= 4 is 16.8 Å². The van der Waals surface area contributed by atoms with Gasteiger partial charge in [-0.3, -0.25) is 10.3 Å². The van der Waals surface area contributed by atoms with Crippen LogP contribution in [0.15, 0.2) is 0 Å². The van der Waals surface area contributed by atoms with Crippen LogP contribution in [0.4, 0.5) is 0 Å². The van der Waals surface area contributed by atoms with Crippen molar-refractivity contribution in [2.24, 2.45) is 0 Å². The van der Waals surface area contributed by atoms with E-state index >= 15 is 0 Å². The van der Waals surface area contributed by atoms with Crippen molar-refractivity contribution in [1.29, 1.82) is 5.41 Å². The smallest absolute Gasteiger partial charge is 0.141 e. The van der Waals surface area contributed by atoms with Gasteiger partial charge >= 0.3 is 0 Å². The highest BCUT2D eigenvalue weighted by Crippen LogP contribution is 2.28. The molecule has 0 aromatic carbocycles. The highest BCUT2D eigenvalue weighted by molar-refractivity contribution is 8.14. The van der Waals surface area contributed by atoms with Crippen molar-refractivity contribution < 1.29 is 20.1 Å². The maximum Gasteiger partial charge on any atom is 0.141 e. The monoisotopic (exact) mass is 234 g/mol. The summed E-state index contributed by atoms with van der Waals surface area (Å²) in [6, 6.07) is 0. The second-order valence-corrected chi connectivity index (χ2v) is 4.71. The van der Waals surface area contributed by atoms with E-state index in [0.717, 1.165) is 0 Å². The molecule has 0 aromatic rings. The standard InChI is InChI=1S/C8H14N2O4S/c9-5-1-10(3-15-5)8-7(13)6(12)4(2-11)14-8/h4,6-9,11-13H,1-3H2/t4-,6-,7+,8-/m1/s1. The van der Waals surface area contributed by atoms with E-state index in [-0.39, 0.29) is 6.61 Å². The van der Waals surface area contributed by atoms with Gasteiger partial charge in [0.2, 0.25) is 0 Å². The zero-order valence-corrected chi connectivity index (χ0v) is 8.85. The summed E-state index contributed by atoms with van der Waals surface area (Å²) in [6.07, 6.45) is -3.43. The first-order valence-electron chi connectivity index (χ1n) is 4.70. The van der Waals surface area contributed by atoms with Crippen LogP contribution in [-0.2, 0) is 4.74 Å². The minimum absolute atomic E-state index is 0.312. The fraction of sp³-hybridized carbons (Fsp3) is 0.875. The Morgan fingerprint density at radius 3 is 2.67 bits per heavy atom. The number of rotatable bonds is 2. The van der Waals surface area contributed by atoms with E-state index in [9.17, 15) is 10.2 Å². The molecule has 2 fully saturated rings. The average molecular weight is 234 g/mol. The Kier molecular flexibility index (Phi) is 3.29. The molecule has 0 spiro atoms. The third-order valence-corrected chi connectivity index (χ3v) is 3.57. The lowest BCUT2D eigenvalue weighted by molar-refractivity contribution is -0.0838. The molecule has 0 saturated carbocycles. The molecule has 0 aliphatic carbocycles. The molecule has 0 radical (unpaired) electrons. The van der Waals surface area contributed by atoms with Gasteiger partial charge in [-0.05, 0) is 0 Å². The van der Waals surface area contributed by atoms with Crippen molar-refractivity contribution in [2.45, 2.75) is 24.5 Å². The third-order valence-electron chi connectivity index (χ3n) is 2.63. The Morgan fingerprint density at radius 1 is 1.47 bits per heavy atom. The molecule has 2 saturated heterocycles. The van der Waals surface area contributed by atoms with Gasteiger partial charge in [0.1, 0.15) is 24.5 Å². The molecule has 2 aliphatic rings. The molecule has 0 aromatic heterocycles. The maximum absolute atomic E-state index is 9.70. The topological polar surface area (TPSA) is 97.0 Å². The first-order valence-corrected chi connectivity index (χ1v) is 5.68. The van der Waals surface area contributed by atoms with Gasteiger partial charge in [-0.2, -0.15) is 0 Å². The summed E-state index contributed by atoms with van der Waals surface area (Å²) in [7, 11) is 0. The van der Waals surface area contributed by atoms with Crippen LogP contribution in [0.1, 0.15) is 0 Å². The van der Waals surface area contributed by atoms with Gasteiger partial charge in [-0.25, -0.2) is 0 Å². The molecule has 2 heterocycles. The minimum atomic E-state index is -1.06. The predicted molar refractivity (Wildman–Crippen MR) is 54.7 cm³/mol. The fourth-order valence-electron chi connectivity index (χ4n) is 1.78. The molecule has 4 N–H and O–H groups in total. The number of nitrogens with one attached hydrogen (secondary N) is 1. The molecule has 4 atom stereocenters. The summed E-state index contributed by atoms with van der Waals surface area (Å²) < 4.78 is 5.33. The molecule has 2 rings (SSSR count). The SMILES string of the molecule is N=C1CN([C@@H]2O[C@H](CO)[C@@H](O)[C@@H]2O)CS1. The zero-order chi connectivity index (χ0) is 11.0. The van der Waals surface area contributed by atoms with Gasteiger partial charge in [0, 0.05) is 6.54 Å². The number of aliphatic hydroxyl groups is 3. The summed E-state index contributed by atoms with van der Waals surface area (Å²) >= 11 is 1.38. The van der Waals surface area contributed by atoms with Gasteiger partial charge in [0.15, 0.2) is 0 Å². The number of thioether (sulfide) groups is 1. The van der Waals surface area contributed by atoms with Crippen LogP contribution in [-0.4, -0.2) is 68.8 Å². The lowest BCUT2D eigenvalue weighted by Crippen LogP contribution is -2.42. The second kappa shape index (κ2) is 4.36. The van der Waals surface area contributed by atoms with Crippen LogP contribution in [0.25, 0.3) is 0 Å². The highest BCUT2D eigenvalue weighted by Gasteiger charge is 2.46. The van der Waals surface area contributed by atoms with Gasteiger partial charge in [-0.15, -0.1) is 0 Å². The molecule has 2 aliphatic heterocycles. The predicted octanol–water partition coefficient (Wildman–Crippen LogP) is -1.59. The van der Waals surface area contributed by atoms with E-state index in [2.05, 4.69) is 0 Å². The van der Waals surface area contributed by atoms with E-state index in [1.165, 1.54) is 11.8 Å². The Hall–Kier alpha value is -0.180. The largest absolute Gasteiger partial charge is 0.394 e. The van der Waals surface area contributed by atoms with Crippen LogP contribution in [0.3, 0.4) is 0 Å². The summed E-state index contributed by atoms with van der Waals surface area (Å²) in [5.41, 5.74) is 0. The number of hydrogen-bond acceptors (Lipinski definition) is 7. The van der Waals surface area contributed by atoms with E-state index < -0.39 is 24.5 Å². The van der Waals surface area contributed by atoms with E-state index in [1.54, 1.807) is 4.90 Å². The van der Waals surface area contributed by atoms with Crippen molar-refractivity contribution in [3.63, 3.8) is 0 Å². The van der Waals surface area contributed by atoms with Crippen molar-refractivity contribution in [3.8, 4) is 0 Å². The molecule has 0 amide bonds. The van der Waals surface area contributed by atoms with Crippen molar-refractivity contribution in [3.05, 3.63) is 0 Å². The first-order chi connectivity index (χ1) is 7.13. The summed E-state index contributed by atoms with van der Waals surface area (Å²) in [5, 5.41) is 36.1. The second-order valence-electron chi connectivity index (χ2n) is 3.67. The molecule has 15 heavy (non-hydrogen) atoms. The molecule has 6 nitrogen and oxygen atoms in total. The Labute approximate surface area is 91.3 Å². The average Bonchev–Trinajstić information content (AvgIpc) is 2.74. The highest BCUT2D eigenvalue weighted by atomic mass is 32.2. The lowest BCUT2D eigenvalue weighted by atomic mass is 10.1. The van der Waals surface area contributed by atoms with Crippen LogP contribution < -0.4 is 0 Å². The molecular weight excluding hydrogens is 220 g/mol. The lowest BCUT2D eigenvalue weighted by Gasteiger charge is -2.24. The van der Waals surface area contributed by atoms with Gasteiger partial charge < -0.3 is 20.1 Å². The molecule has 0 unspecified atom stereocenters. The normalized spacial score (nSPS) is 42.7. The Morgan fingerprint density at radius 2 is 2.20 bits per heavy atom. The number of nitrogens with zero attached hydrogens (tertiary/aromatic N) is 1. The van der Waals surface area contributed by atoms with Crippen LogP contribution >= 0.6 is 11.8 Å². The van der Waals surface area contributed by atoms with Crippen molar-refractivity contribution in [2.75, 3.05) is 19.0 Å². The first kappa shape index (κ1) is 11.3. The molecule has 86 valence electrons. The Balaban J connectivity index is 2.01. The maximum atomic E-state index is 9.70. The summed E-state index contributed by atoms with van der Waals surface area (Å²) in [6.45, 7) is 0.115. The minimum Gasteiger partial charge on any atom is -0.394 e. The molecular formula is C8H14N2O4S. The Bertz CT molecular complexity index is 265. The van der Waals surface area contributed by atoms with E-state index in [1.807, 2.05) is 0 Å². The van der Waals surface area contributed by atoms with Crippen LogP contribution in [0.5, 0.6) is 0 Å². The van der Waals surface area contributed by atoms with E-state index in [0.29, 0.717) is 17.5 Å². The van der Waals surface area contributed by atoms with Gasteiger partial charge in [0.25, 0.3) is 0 Å². The number of hydrogen-bond donors (Lipinski definition) is 4. The fourth-order valence-corrected chi connectivity index (χ4v) is 2.60. The summed E-state index contributed by atoms with van der Waals surface area (Å²) in [5.74, 6) is 0.575. The van der Waals surface area contributed by atoms with Crippen molar-refractivity contribution in [1.82, 2.24) is 4.90 Å². The zero-order valence-electron chi connectivity index (χ0n) is 8.04. The quantitative estimate of drug-likeness (QED) is 0.460. The summed E-state index contributed by atoms with van der Waals surface area (Å²) in [4.78, 5) is 1.77. The molecule has 7 heteroatoms. The molecule has 0 bridgehead atoms. The van der Waals surface area contributed by atoms with Gasteiger partial charge in [0.05, 0.1) is 17.5 Å². The number of ether oxygens (including phenoxy) is 1. The van der Waals surface area contributed by atoms with Crippen LogP contribution in [0, 0.1) is 5.41 Å².